The summed E-state index contributed by atoms with van der Waals surface area (Å²) in [5.41, 5.74) is 24.5. The lowest BCUT2D eigenvalue weighted by Gasteiger charge is -2.28. The summed E-state index contributed by atoms with van der Waals surface area (Å²) < 4.78 is 0. The lowest BCUT2D eigenvalue weighted by Crippen LogP contribution is -2.18. The van der Waals surface area contributed by atoms with E-state index in [1.807, 2.05) is 0 Å². The molecule has 0 saturated heterocycles. The summed E-state index contributed by atoms with van der Waals surface area (Å²) in [5.74, 6) is 1.83. The molecule has 0 aliphatic carbocycles. The molecule has 61 heavy (non-hydrogen) atoms. The molecule has 342 valence electrons. The lowest BCUT2D eigenvalue weighted by atomic mass is 9.77. The Balaban J connectivity index is 0.000000408. The summed E-state index contributed by atoms with van der Waals surface area (Å²) in [6.45, 7) is 65.8. The van der Waals surface area contributed by atoms with Gasteiger partial charge in [0.25, 0.3) is 0 Å². The van der Waals surface area contributed by atoms with Gasteiger partial charge in [0.2, 0.25) is 0 Å². The molecule has 0 aromatic heterocycles. The molecule has 4 rings (SSSR count). The van der Waals surface area contributed by atoms with Gasteiger partial charge < -0.3 is 0 Å². The van der Waals surface area contributed by atoms with Gasteiger partial charge >= 0.3 is 0 Å². The second-order valence-electron chi connectivity index (χ2n) is 24.7. The van der Waals surface area contributed by atoms with Crippen LogP contribution in [0.1, 0.15) is 252 Å². The van der Waals surface area contributed by atoms with Crippen LogP contribution in [0.25, 0.3) is 0 Å². The number of aryl methyl sites for hydroxylation is 4. The average molecular weight is 831 g/mol. The predicted octanol–water partition coefficient (Wildman–Crippen LogP) is 19.1. The van der Waals surface area contributed by atoms with Crippen molar-refractivity contribution in [2.45, 2.75) is 246 Å². The molecule has 0 heteroatoms. The monoisotopic (exact) mass is 831 g/mol. The van der Waals surface area contributed by atoms with Crippen LogP contribution in [0.2, 0.25) is 0 Å². The molecule has 0 aliphatic rings. The van der Waals surface area contributed by atoms with Crippen LogP contribution < -0.4 is 0 Å². The molecule has 0 unspecified atom stereocenters. The van der Waals surface area contributed by atoms with Gasteiger partial charge in [-0.15, -0.1) is 0 Å². The fourth-order valence-corrected chi connectivity index (χ4v) is 8.36. The van der Waals surface area contributed by atoms with Gasteiger partial charge in [-0.25, -0.2) is 0 Å². The summed E-state index contributed by atoms with van der Waals surface area (Å²) in [6.07, 6.45) is 0. The molecule has 0 saturated carbocycles. The maximum Gasteiger partial charge on any atom is -0.0129 e. The van der Waals surface area contributed by atoms with E-state index in [-0.39, 0.29) is 27.1 Å². The van der Waals surface area contributed by atoms with E-state index in [9.17, 15) is 0 Å². The Morgan fingerprint density at radius 1 is 0.295 bits per heavy atom. The van der Waals surface area contributed by atoms with E-state index < -0.39 is 0 Å². The Labute approximate surface area is 381 Å². The lowest BCUT2D eigenvalue weighted by molar-refractivity contribution is 0.564. The smallest absolute Gasteiger partial charge is 0.0129 e. The molecule has 0 nitrogen and oxygen atoms in total. The number of hydrogen-bond donors (Lipinski definition) is 0. The van der Waals surface area contributed by atoms with Crippen LogP contribution in [0.5, 0.6) is 0 Å². The van der Waals surface area contributed by atoms with E-state index in [2.05, 4.69) is 249 Å². The minimum atomic E-state index is 0.232. The second-order valence-corrected chi connectivity index (χ2v) is 24.7. The van der Waals surface area contributed by atoms with E-state index in [1.165, 1.54) is 89.0 Å². The minimum Gasteiger partial charge on any atom is -0.0587 e. The molecule has 0 aliphatic heterocycles. The van der Waals surface area contributed by atoms with Crippen LogP contribution in [0.4, 0.5) is 0 Å². The first-order chi connectivity index (χ1) is 27.2. The van der Waals surface area contributed by atoms with Crippen LogP contribution in [0, 0.1) is 55.4 Å². The second kappa shape index (κ2) is 21.0. The van der Waals surface area contributed by atoms with Gasteiger partial charge in [-0.2, -0.15) is 0 Å². The summed E-state index contributed by atoms with van der Waals surface area (Å²) in [7, 11) is 0. The molecule has 0 bridgehead atoms. The van der Waals surface area contributed by atoms with E-state index in [1.54, 1.807) is 0 Å². The van der Waals surface area contributed by atoms with Crippen molar-refractivity contribution < 1.29 is 0 Å². The van der Waals surface area contributed by atoms with E-state index in [0.29, 0.717) is 17.8 Å². The molecule has 0 N–H and O–H groups in total. The first-order valence-corrected chi connectivity index (χ1v) is 23.7. The van der Waals surface area contributed by atoms with Crippen LogP contribution in [-0.2, 0) is 27.1 Å². The van der Waals surface area contributed by atoms with Crippen LogP contribution >= 0.6 is 0 Å². The van der Waals surface area contributed by atoms with Gasteiger partial charge in [-0.05, 0) is 184 Å². The fraction of sp³-hybridized carbons (Fsp3) is 0.607. The van der Waals surface area contributed by atoms with Gasteiger partial charge in [0, 0.05) is 0 Å². The Kier molecular flexibility index (Phi) is 19.3. The molecule has 4 aromatic rings. The van der Waals surface area contributed by atoms with Gasteiger partial charge in [0.15, 0.2) is 0 Å². The third-order valence-corrected chi connectivity index (χ3v) is 12.7. The van der Waals surface area contributed by atoms with Crippen LogP contribution in [-0.4, -0.2) is 0 Å². The van der Waals surface area contributed by atoms with Crippen LogP contribution in [0.3, 0.4) is 0 Å². The van der Waals surface area contributed by atoms with Gasteiger partial charge in [-0.1, -0.05) is 199 Å². The molecule has 0 fully saturated rings. The highest BCUT2D eigenvalue weighted by Crippen LogP contribution is 2.36. The zero-order chi connectivity index (χ0) is 48.1. The third kappa shape index (κ3) is 16.2. The largest absolute Gasteiger partial charge is 0.0587 e. The molecule has 0 spiro atoms. The molecular formula is C61H98. The molecule has 4 aromatic carbocycles. The quantitative estimate of drug-likeness (QED) is 0.193. The standard InChI is InChI=1S/C17H28.C16H26.C15H24.C13H20/c1-11(2)14-9-15(12(3)4)13(5)16(10-14)17(6,7)8;1-11-9-13(15(3,4)5)10-14(12(11)2)16(6,7)8;1-10(2)13-8-11(3)12(4)14(9-13)15(5,6)7;1-9-7-10(2)11(3)12(8-9)13(4,5)6/h9-12H,1-8H3;9-10H,1-8H3;8-10H,1-7H3;7-8H,1-6H3. The molecule has 0 radical (unpaired) electrons. The van der Waals surface area contributed by atoms with Crippen molar-refractivity contribution in [2.75, 3.05) is 0 Å². The molecule has 0 atom stereocenters. The van der Waals surface area contributed by atoms with Crippen molar-refractivity contribution in [1.82, 2.24) is 0 Å². The molecular weight excluding hydrogens is 733 g/mol. The molecule has 0 amide bonds. The first-order valence-electron chi connectivity index (χ1n) is 23.7. The zero-order valence-electron chi connectivity index (χ0n) is 45.9. The highest BCUT2D eigenvalue weighted by molar-refractivity contribution is 5.46. The van der Waals surface area contributed by atoms with Gasteiger partial charge in [-0.3, -0.25) is 0 Å². The highest BCUT2D eigenvalue weighted by atomic mass is 14.3. The van der Waals surface area contributed by atoms with E-state index in [4.69, 9.17) is 0 Å². The van der Waals surface area contributed by atoms with Crippen molar-refractivity contribution in [3.05, 3.63) is 138 Å². The Morgan fingerprint density at radius 2 is 0.607 bits per heavy atom. The summed E-state index contributed by atoms with van der Waals surface area (Å²) in [4.78, 5) is 0. The number of hydrogen-bond acceptors (Lipinski definition) is 0. The maximum atomic E-state index is 2.41. The number of benzene rings is 4. The Morgan fingerprint density at radius 3 is 0.951 bits per heavy atom. The normalized spacial score (nSPS) is 12.5. The van der Waals surface area contributed by atoms with E-state index in [0.717, 1.165) is 0 Å². The first kappa shape index (κ1) is 55.9. The maximum absolute atomic E-state index is 2.41. The van der Waals surface area contributed by atoms with E-state index >= 15 is 0 Å². The SMILES string of the molecule is Cc1c(C(C)C)cc(C(C)C)cc1C(C)(C)C.Cc1cc(C(C)(C)C)cc(C(C)(C)C)c1C.Cc1cc(C(C)C)cc(C(C)(C)C)c1C.Cc1cc(C)c(C)c(C(C)(C)C)c1. The fourth-order valence-electron chi connectivity index (χ4n) is 8.36. The van der Waals surface area contributed by atoms with Gasteiger partial charge in [0.1, 0.15) is 0 Å². The third-order valence-electron chi connectivity index (χ3n) is 12.7. The van der Waals surface area contributed by atoms with Gasteiger partial charge in [0.05, 0.1) is 0 Å². The summed E-state index contributed by atoms with van der Waals surface area (Å²) in [6, 6.07) is 18.8. The van der Waals surface area contributed by atoms with Crippen molar-refractivity contribution >= 4 is 0 Å². The Bertz CT molecular complexity index is 2040. The summed E-state index contributed by atoms with van der Waals surface area (Å²) >= 11 is 0. The summed E-state index contributed by atoms with van der Waals surface area (Å²) in [5, 5.41) is 0. The number of rotatable bonds is 3. The topological polar surface area (TPSA) is 0 Å². The van der Waals surface area contributed by atoms with Crippen molar-refractivity contribution in [2.24, 2.45) is 0 Å². The minimum absolute atomic E-state index is 0.232. The predicted molar refractivity (Wildman–Crippen MR) is 279 cm³/mol. The van der Waals surface area contributed by atoms with Crippen LogP contribution in [0.15, 0.2) is 48.5 Å². The Hall–Kier alpha value is -3.12. The molecule has 0 heterocycles. The average Bonchev–Trinajstić information content (AvgIpc) is 3.06. The zero-order valence-corrected chi connectivity index (χ0v) is 45.9. The highest BCUT2D eigenvalue weighted by Gasteiger charge is 2.24. The van der Waals surface area contributed by atoms with Crippen molar-refractivity contribution in [3.63, 3.8) is 0 Å². The van der Waals surface area contributed by atoms with Crippen molar-refractivity contribution in [1.29, 1.82) is 0 Å². The van der Waals surface area contributed by atoms with Crippen molar-refractivity contribution in [3.8, 4) is 0 Å².